The lowest BCUT2D eigenvalue weighted by atomic mass is 10.1. The topological polar surface area (TPSA) is 30.5 Å². The van der Waals surface area contributed by atoms with Crippen molar-refractivity contribution in [3.05, 3.63) is 53.1 Å². The number of fused-ring (bicyclic) bond motifs is 1. The van der Waals surface area contributed by atoms with Gasteiger partial charge in [0.2, 0.25) is 0 Å². The van der Waals surface area contributed by atoms with E-state index in [1.165, 1.54) is 22.4 Å². The van der Waals surface area contributed by atoms with Gasteiger partial charge in [-0.25, -0.2) is 0 Å². The highest BCUT2D eigenvalue weighted by Gasteiger charge is 2.14. The fourth-order valence-corrected chi connectivity index (χ4v) is 2.62. The lowest BCUT2D eigenvalue weighted by Gasteiger charge is -2.22. The van der Waals surface area contributed by atoms with Gasteiger partial charge in [0.25, 0.3) is 0 Å². The maximum Gasteiger partial charge on any atom is 0.161 e. The summed E-state index contributed by atoms with van der Waals surface area (Å²) in [4.78, 5) is 0. The second-order valence-electron chi connectivity index (χ2n) is 5.59. The summed E-state index contributed by atoms with van der Waals surface area (Å²) in [6, 6.07) is 12.8. The Bertz CT molecular complexity index is 652. The second-order valence-corrected chi connectivity index (χ2v) is 5.59. The van der Waals surface area contributed by atoms with E-state index < -0.39 is 0 Å². The Labute approximate surface area is 125 Å². The number of hydrogen-bond donors (Lipinski definition) is 1. The Morgan fingerprint density at radius 3 is 2.48 bits per heavy atom. The fourth-order valence-electron chi connectivity index (χ4n) is 2.62. The molecule has 2 aromatic rings. The molecular weight excluding hydrogens is 262 g/mol. The van der Waals surface area contributed by atoms with Crippen molar-refractivity contribution >= 4 is 5.69 Å². The highest BCUT2D eigenvalue weighted by molar-refractivity contribution is 5.54. The summed E-state index contributed by atoms with van der Waals surface area (Å²) < 4.78 is 11.2. The number of nitrogens with one attached hydrogen (secondary N) is 1. The van der Waals surface area contributed by atoms with Crippen LogP contribution in [0.2, 0.25) is 0 Å². The third-order valence-corrected chi connectivity index (χ3v) is 3.82. The summed E-state index contributed by atoms with van der Waals surface area (Å²) in [5, 5.41) is 3.56. The van der Waals surface area contributed by atoms with Crippen LogP contribution in [0.1, 0.15) is 29.7 Å². The molecular formula is C18H21NO2. The minimum absolute atomic E-state index is 0.210. The number of hydrogen-bond acceptors (Lipinski definition) is 3. The third kappa shape index (κ3) is 2.97. The number of benzene rings is 2. The van der Waals surface area contributed by atoms with Gasteiger partial charge in [-0.1, -0.05) is 23.8 Å². The SMILES string of the molecule is Cc1ccc(NC(C)c2ccc3c(c2)OCCO3)c(C)c1. The van der Waals surface area contributed by atoms with E-state index in [9.17, 15) is 0 Å². The van der Waals surface area contributed by atoms with E-state index in [0.29, 0.717) is 13.2 Å². The minimum Gasteiger partial charge on any atom is -0.486 e. The average molecular weight is 283 g/mol. The van der Waals surface area contributed by atoms with Crippen LogP contribution < -0.4 is 14.8 Å². The average Bonchev–Trinajstić information content (AvgIpc) is 2.49. The predicted octanol–water partition coefficient (Wildman–Crippen LogP) is 4.25. The van der Waals surface area contributed by atoms with Gasteiger partial charge >= 0.3 is 0 Å². The van der Waals surface area contributed by atoms with E-state index in [0.717, 1.165) is 11.5 Å². The molecule has 0 saturated carbocycles. The van der Waals surface area contributed by atoms with Crippen LogP contribution in [0.3, 0.4) is 0 Å². The first-order valence-corrected chi connectivity index (χ1v) is 7.37. The molecule has 1 aliphatic rings. The lowest BCUT2D eigenvalue weighted by Crippen LogP contribution is -2.16. The lowest BCUT2D eigenvalue weighted by molar-refractivity contribution is 0.171. The molecule has 0 amide bonds. The third-order valence-electron chi connectivity index (χ3n) is 3.82. The Hall–Kier alpha value is -2.16. The van der Waals surface area contributed by atoms with E-state index >= 15 is 0 Å². The highest BCUT2D eigenvalue weighted by Crippen LogP contribution is 2.33. The fraction of sp³-hybridized carbons (Fsp3) is 0.333. The molecule has 0 aliphatic carbocycles. The van der Waals surface area contributed by atoms with E-state index in [1.54, 1.807) is 0 Å². The molecule has 0 aromatic heterocycles. The number of anilines is 1. The highest BCUT2D eigenvalue weighted by atomic mass is 16.6. The minimum atomic E-state index is 0.210. The van der Waals surface area contributed by atoms with Crippen molar-refractivity contribution in [2.45, 2.75) is 26.8 Å². The van der Waals surface area contributed by atoms with Gasteiger partial charge in [-0.15, -0.1) is 0 Å². The molecule has 1 atom stereocenters. The van der Waals surface area contributed by atoms with Crippen LogP contribution >= 0.6 is 0 Å². The number of rotatable bonds is 3. The van der Waals surface area contributed by atoms with E-state index in [1.807, 2.05) is 6.07 Å². The van der Waals surface area contributed by atoms with Gasteiger partial charge in [0.1, 0.15) is 13.2 Å². The van der Waals surface area contributed by atoms with Crippen molar-refractivity contribution in [3.8, 4) is 11.5 Å². The van der Waals surface area contributed by atoms with Gasteiger partial charge in [-0.2, -0.15) is 0 Å². The zero-order chi connectivity index (χ0) is 14.8. The monoisotopic (exact) mass is 283 g/mol. The van der Waals surface area contributed by atoms with Crippen LogP contribution in [0.25, 0.3) is 0 Å². The van der Waals surface area contributed by atoms with Crippen molar-refractivity contribution in [1.29, 1.82) is 0 Å². The van der Waals surface area contributed by atoms with Gasteiger partial charge in [-0.05, 0) is 50.1 Å². The van der Waals surface area contributed by atoms with E-state index in [4.69, 9.17) is 9.47 Å². The number of ether oxygens (including phenoxy) is 2. The van der Waals surface area contributed by atoms with Gasteiger partial charge in [0, 0.05) is 11.7 Å². The zero-order valence-corrected chi connectivity index (χ0v) is 12.8. The first kappa shape index (κ1) is 13.8. The normalized spacial score (nSPS) is 14.6. The molecule has 0 saturated heterocycles. The van der Waals surface area contributed by atoms with Crippen molar-refractivity contribution < 1.29 is 9.47 Å². The molecule has 1 unspecified atom stereocenters. The van der Waals surface area contributed by atoms with Gasteiger partial charge in [-0.3, -0.25) is 0 Å². The quantitative estimate of drug-likeness (QED) is 0.913. The first-order chi connectivity index (χ1) is 10.1. The Balaban J connectivity index is 1.80. The Morgan fingerprint density at radius 2 is 1.71 bits per heavy atom. The predicted molar refractivity (Wildman–Crippen MR) is 85.4 cm³/mol. The summed E-state index contributed by atoms with van der Waals surface area (Å²) >= 11 is 0. The molecule has 0 spiro atoms. The molecule has 0 fully saturated rings. The van der Waals surface area contributed by atoms with Gasteiger partial charge in [0.05, 0.1) is 0 Å². The first-order valence-electron chi connectivity index (χ1n) is 7.37. The molecule has 0 bridgehead atoms. The molecule has 1 N–H and O–H groups in total. The molecule has 21 heavy (non-hydrogen) atoms. The van der Waals surface area contributed by atoms with Gasteiger partial charge in [0.15, 0.2) is 11.5 Å². The Kier molecular flexibility index (Phi) is 3.74. The summed E-state index contributed by atoms with van der Waals surface area (Å²) in [6.07, 6.45) is 0. The molecule has 0 radical (unpaired) electrons. The van der Waals surface area contributed by atoms with Crippen LogP contribution in [0.4, 0.5) is 5.69 Å². The van der Waals surface area contributed by atoms with Crippen molar-refractivity contribution in [1.82, 2.24) is 0 Å². The number of aryl methyl sites for hydroxylation is 2. The summed E-state index contributed by atoms with van der Waals surface area (Å²) in [7, 11) is 0. The molecule has 3 nitrogen and oxygen atoms in total. The summed E-state index contributed by atoms with van der Waals surface area (Å²) in [6.45, 7) is 7.65. The van der Waals surface area contributed by atoms with Crippen molar-refractivity contribution in [2.24, 2.45) is 0 Å². The molecule has 1 aliphatic heterocycles. The summed E-state index contributed by atoms with van der Waals surface area (Å²) in [5.74, 6) is 1.68. The molecule has 110 valence electrons. The van der Waals surface area contributed by atoms with E-state index in [-0.39, 0.29) is 6.04 Å². The molecule has 3 rings (SSSR count). The van der Waals surface area contributed by atoms with Crippen LogP contribution in [0, 0.1) is 13.8 Å². The largest absolute Gasteiger partial charge is 0.486 e. The van der Waals surface area contributed by atoms with Crippen LogP contribution in [0.15, 0.2) is 36.4 Å². The maximum atomic E-state index is 5.65. The van der Waals surface area contributed by atoms with Gasteiger partial charge < -0.3 is 14.8 Å². The molecule has 1 heterocycles. The zero-order valence-electron chi connectivity index (χ0n) is 12.8. The van der Waals surface area contributed by atoms with Crippen LogP contribution in [-0.2, 0) is 0 Å². The molecule has 2 aromatic carbocycles. The second kappa shape index (κ2) is 5.68. The smallest absolute Gasteiger partial charge is 0.161 e. The van der Waals surface area contributed by atoms with Crippen molar-refractivity contribution in [3.63, 3.8) is 0 Å². The van der Waals surface area contributed by atoms with Crippen LogP contribution in [0.5, 0.6) is 11.5 Å². The van der Waals surface area contributed by atoms with E-state index in [2.05, 4.69) is 56.4 Å². The standard InChI is InChI=1S/C18H21NO2/c1-12-4-6-16(13(2)10-12)19-14(3)15-5-7-17-18(11-15)21-9-8-20-17/h4-7,10-11,14,19H,8-9H2,1-3H3. The van der Waals surface area contributed by atoms with Crippen LogP contribution in [-0.4, -0.2) is 13.2 Å². The van der Waals surface area contributed by atoms with Crippen molar-refractivity contribution in [2.75, 3.05) is 18.5 Å². The molecule has 3 heteroatoms. The maximum absolute atomic E-state index is 5.65. The summed E-state index contributed by atoms with van der Waals surface area (Å²) in [5.41, 5.74) is 4.91. The Morgan fingerprint density at radius 1 is 0.952 bits per heavy atom.